The van der Waals surface area contributed by atoms with Crippen LogP contribution in [-0.2, 0) is 0 Å². The molecule has 1 aromatic heterocycles. The molecular formula is C19H20N4O3. The number of carbonyl (C=O) groups is 1. The zero-order chi connectivity index (χ0) is 18.5. The number of aromatic nitrogens is 1. The minimum atomic E-state index is -0.0418. The van der Waals surface area contributed by atoms with Gasteiger partial charge in [0.25, 0.3) is 5.91 Å². The summed E-state index contributed by atoms with van der Waals surface area (Å²) in [5, 5.41) is 8.83. The Bertz CT molecular complexity index is 799. The highest BCUT2D eigenvalue weighted by Crippen LogP contribution is 2.24. The number of carbonyl (C=O) groups excluding carboxylic acids is 1. The Morgan fingerprint density at radius 2 is 1.73 bits per heavy atom. The van der Waals surface area contributed by atoms with Gasteiger partial charge in [0, 0.05) is 37.8 Å². The normalized spacial score (nSPS) is 13.9. The topological polar surface area (TPSA) is 78.7 Å². The highest BCUT2D eigenvalue weighted by atomic mass is 16.5. The van der Waals surface area contributed by atoms with Crippen molar-refractivity contribution in [3.05, 3.63) is 47.8 Å². The van der Waals surface area contributed by atoms with Gasteiger partial charge in [0.2, 0.25) is 0 Å². The van der Waals surface area contributed by atoms with Crippen molar-refractivity contribution in [2.45, 2.75) is 0 Å². The standard InChI is InChI=1S/C19H20N4O3/c1-25-17-9-14(10-18(11-17)26-2)19(24)23-7-5-22(6-8-23)16-4-3-15(12-20)21-13-16/h3-4,9-11,13H,5-8H2,1-2H3. The van der Waals surface area contributed by atoms with Crippen LogP contribution >= 0.6 is 0 Å². The molecule has 0 N–H and O–H groups in total. The van der Waals surface area contributed by atoms with Crippen molar-refractivity contribution in [3.63, 3.8) is 0 Å². The molecule has 0 aliphatic carbocycles. The molecule has 1 aromatic carbocycles. The van der Waals surface area contributed by atoms with Crippen LogP contribution in [-0.4, -0.2) is 56.2 Å². The third-order valence-corrected chi connectivity index (χ3v) is 4.39. The van der Waals surface area contributed by atoms with Crippen LogP contribution in [0, 0.1) is 11.3 Å². The molecule has 1 fully saturated rings. The third kappa shape index (κ3) is 3.70. The lowest BCUT2D eigenvalue weighted by Crippen LogP contribution is -2.48. The Labute approximate surface area is 152 Å². The summed E-state index contributed by atoms with van der Waals surface area (Å²) in [4.78, 5) is 20.9. The third-order valence-electron chi connectivity index (χ3n) is 4.39. The lowest BCUT2D eigenvalue weighted by molar-refractivity contribution is 0.0746. The molecule has 1 amide bonds. The molecule has 0 spiro atoms. The number of benzene rings is 1. The van der Waals surface area contributed by atoms with Gasteiger partial charge in [0.15, 0.2) is 0 Å². The maximum Gasteiger partial charge on any atom is 0.254 e. The number of ether oxygens (including phenoxy) is 2. The summed E-state index contributed by atoms with van der Waals surface area (Å²) in [6.45, 7) is 2.64. The van der Waals surface area contributed by atoms with E-state index in [2.05, 4.69) is 9.88 Å². The Balaban J connectivity index is 1.67. The molecule has 2 heterocycles. The second-order valence-electron chi connectivity index (χ2n) is 5.89. The van der Waals surface area contributed by atoms with Crippen LogP contribution in [0.2, 0.25) is 0 Å². The monoisotopic (exact) mass is 352 g/mol. The Morgan fingerprint density at radius 1 is 1.08 bits per heavy atom. The average molecular weight is 352 g/mol. The van der Waals surface area contributed by atoms with Gasteiger partial charge in [-0.2, -0.15) is 5.26 Å². The van der Waals surface area contributed by atoms with E-state index in [1.807, 2.05) is 17.0 Å². The number of nitrogens with zero attached hydrogens (tertiary/aromatic N) is 4. The van der Waals surface area contributed by atoms with E-state index in [9.17, 15) is 4.79 Å². The van der Waals surface area contributed by atoms with Gasteiger partial charge < -0.3 is 19.3 Å². The first kappa shape index (κ1) is 17.5. The number of pyridine rings is 1. The van der Waals surface area contributed by atoms with E-state index < -0.39 is 0 Å². The molecule has 0 saturated carbocycles. The molecule has 0 bridgehead atoms. The van der Waals surface area contributed by atoms with E-state index in [4.69, 9.17) is 14.7 Å². The Kier molecular flexibility index (Phi) is 5.23. The molecule has 0 unspecified atom stereocenters. The lowest BCUT2D eigenvalue weighted by Gasteiger charge is -2.36. The summed E-state index contributed by atoms with van der Waals surface area (Å²) >= 11 is 0. The van der Waals surface area contributed by atoms with E-state index >= 15 is 0 Å². The summed E-state index contributed by atoms with van der Waals surface area (Å²) in [7, 11) is 3.13. The van der Waals surface area contributed by atoms with E-state index in [1.165, 1.54) is 0 Å². The van der Waals surface area contributed by atoms with Gasteiger partial charge in [-0.1, -0.05) is 0 Å². The zero-order valence-corrected chi connectivity index (χ0v) is 14.8. The number of amides is 1. The quantitative estimate of drug-likeness (QED) is 0.837. The highest BCUT2D eigenvalue weighted by Gasteiger charge is 2.23. The first-order valence-electron chi connectivity index (χ1n) is 8.28. The van der Waals surface area contributed by atoms with Gasteiger partial charge in [-0.25, -0.2) is 4.98 Å². The van der Waals surface area contributed by atoms with E-state index in [0.29, 0.717) is 48.9 Å². The second-order valence-corrected chi connectivity index (χ2v) is 5.89. The van der Waals surface area contributed by atoms with Gasteiger partial charge in [-0.15, -0.1) is 0 Å². The van der Waals surface area contributed by atoms with Crippen LogP contribution in [0.15, 0.2) is 36.5 Å². The van der Waals surface area contributed by atoms with E-state index in [1.54, 1.807) is 44.7 Å². The fraction of sp³-hybridized carbons (Fsp3) is 0.316. The molecule has 3 rings (SSSR count). The summed E-state index contributed by atoms with van der Waals surface area (Å²) in [5.74, 6) is 1.14. The summed E-state index contributed by atoms with van der Waals surface area (Å²) < 4.78 is 10.5. The van der Waals surface area contributed by atoms with Gasteiger partial charge in [-0.3, -0.25) is 4.79 Å². The van der Waals surface area contributed by atoms with Gasteiger partial charge in [-0.05, 0) is 24.3 Å². The predicted octanol–water partition coefficient (Wildman–Crippen LogP) is 1.93. The first-order chi connectivity index (χ1) is 12.6. The lowest BCUT2D eigenvalue weighted by atomic mass is 10.1. The summed E-state index contributed by atoms with van der Waals surface area (Å²) in [6, 6.07) is 10.8. The number of anilines is 1. The summed E-state index contributed by atoms with van der Waals surface area (Å²) in [5.41, 5.74) is 1.91. The van der Waals surface area contributed by atoms with Crippen LogP contribution in [0.3, 0.4) is 0 Å². The minimum Gasteiger partial charge on any atom is -0.497 e. The zero-order valence-electron chi connectivity index (χ0n) is 14.8. The number of piperazine rings is 1. The maximum atomic E-state index is 12.8. The van der Waals surface area contributed by atoms with Crippen molar-refractivity contribution in [3.8, 4) is 17.6 Å². The smallest absolute Gasteiger partial charge is 0.254 e. The molecule has 2 aromatic rings. The van der Waals surface area contributed by atoms with Crippen molar-refractivity contribution < 1.29 is 14.3 Å². The molecule has 134 valence electrons. The number of nitriles is 1. The molecule has 7 heteroatoms. The molecule has 7 nitrogen and oxygen atoms in total. The minimum absolute atomic E-state index is 0.0418. The highest BCUT2D eigenvalue weighted by molar-refractivity contribution is 5.95. The van der Waals surface area contributed by atoms with Crippen LogP contribution in [0.1, 0.15) is 16.1 Å². The van der Waals surface area contributed by atoms with Crippen molar-refractivity contribution in [1.29, 1.82) is 5.26 Å². The average Bonchev–Trinajstić information content (AvgIpc) is 2.73. The number of hydrogen-bond acceptors (Lipinski definition) is 6. The molecular weight excluding hydrogens is 332 g/mol. The van der Waals surface area contributed by atoms with Gasteiger partial charge in [0.1, 0.15) is 23.3 Å². The molecule has 1 saturated heterocycles. The van der Waals surface area contributed by atoms with Crippen molar-refractivity contribution >= 4 is 11.6 Å². The predicted molar refractivity (Wildman–Crippen MR) is 96.6 cm³/mol. The Morgan fingerprint density at radius 3 is 2.23 bits per heavy atom. The maximum absolute atomic E-state index is 12.8. The molecule has 0 radical (unpaired) electrons. The number of methoxy groups -OCH3 is 2. The fourth-order valence-corrected chi connectivity index (χ4v) is 2.92. The second kappa shape index (κ2) is 7.74. The van der Waals surface area contributed by atoms with E-state index in [0.717, 1.165) is 5.69 Å². The molecule has 0 atom stereocenters. The largest absolute Gasteiger partial charge is 0.497 e. The number of hydrogen-bond donors (Lipinski definition) is 0. The fourth-order valence-electron chi connectivity index (χ4n) is 2.92. The molecule has 1 aliphatic heterocycles. The van der Waals surface area contributed by atoms with E-state index in [-0.39, 0.29) is 5.91 Å². The summed E-state index contributed by atoms with van der Waals surface area (Å²) in [6.07, 6.45) is 1.70. The SMILES string of the molecule is COc1cc(OC)cc(C(=O)N2CCN(c3ccc(C#N)nc3)CC2)c1. The van der Waals surface area contributed by atoms with Crippen molar-refractivity contribution in [2.24, 2.45) is 0 Å². The van der Waals surface area contributed by atoms with Crippen molar-refractivity contribution in [1.82, 2.24) is 9.88 Å². The van der Waals surface area contributed by atoms with Crippen LogP contribution in [0.25, 0.3) is 0 Å². The van der Waals surface area contributed by atoms with Crippen LogP contribution in [0.5, 0.6) is 11.5 Å². The molecule has 26 heavy (non-hydrogen) atoms. The van der Waals surface area contributed by atoms with Crippen molar-refractivity contribution in [2.75, 3.05) is 45.3 Å². The first-order valence-corrected chi connectivity index (χ1v) is 8.28. The Hall–Kier alpha value is -3.27. The van der Waals surface area contributed by atoms with Crippen LogP contribution < -0.4 is 14.4 Å². The molecule has 1 aliphatic rings. The van der Waals surface area contributed by atoms with Gasteiger partial charge in [0.05, 0.1) is 26.1 Å². The van der Waals surface area contributed by atoms with Crippen LogP contribution in [0.4, 0.5) is 5.69 Å². The van der Waals surface area contributed by atoms with Gasteiger partial charge >= 0.3 is 0 Å². The number of rotatable bonds is 4.